The van der Waals surface area contributed by atoms with E-state index in [1.54, 1.807) is 0 Å². The van der Waals surface area contributed by atoms with Crippen LogP contribution in [0.1, 0.15) is 5.56 Å². The Morgan fingerprint density at radius 3 is 2.67 bits per heavy atom. The quantitative estimate of drug-likeness (QED) is 0.816. The highest BCUT2D eigenvalue weighted by Gasteiger charge is 2.00. The Balaban J connectivity index is 1.89. The molecule has 5 nitrogen and oxygen atoms in total. The van der Waals surface area contributed by atoms with Gasteiger partial charge in [0.05, 0.1) is 6.61 Å². The lowest BCUT2D eigenvalue weighted by Gasteiger charge is -2.12. The van der Waals surface area contributed by atoms with Crippen LogP contribution in [-0.4, -0.2) is 24.1 Å². The molecule has 1 N–H and O–H groups in total. The summed E-state index contributed by atoms with van der Waals surface area (Å²) in [6, 6.07) is 11.8. The van der Waals surface area contributed by atoms with Crippen molar-refractivity contribution in [2.24, 2.45) is 0 Å². The molecule has 94 valence electrons. The average Bonchev–Trinajstić information content (AvgIpc) is 2.40. The molecule has 0 aliphatic rings. The van der Waals surface area contributed by atoms with E-state index in [0.717, 1.165) is 11.4 Å². The third kappa shape index (κ3) is 3.43. The molecule has 1 aromatic heterocycles. The van der Waals surface area contributed by atoms with Crippen molar-refractivity contribution in [1.82, 2.24) is 9.97 Å². The maximum Gasteiger partial charge on any atom is 0.155 e. The zero-order valence-corrected chi connectivity index (χ0v) is 10.5. The van der Waals surface area contributed by atoms with E-state index in [2.05, 4.69) is 15.4 Å². The zero-order chi connectivity index (χ0) is 12.8. The van der Waals surface area contributed by atoms with Crippen LogP contribution in [0.3, 0.4) is 0 Å². The summed E-state index contributed by atoms with van der Waals surface area (Å²) in [4.78, 5) is 15.5. The molecule has 0 amide bonds. The lowest BCUT2D eigenvalue weighted by molar-refractivity contribution is 0.179. The van der Waals surface area contributed by atoms with Gasteiger partial charge in [0.25, 0.3) is 0 Å². The van der Waals surface area contributed by atoms with E-state index >= 15 is 0 Å². The first-order chi connectivity index (χ1) is 8.75. The van der Waals surface area contributed by atoms with E-state index in [0.29, 0.717) is 12.4 Å². The van der Waals surface area contributed by atoms with Gasteiger partial charge in [0, 0.05) is 20.2 Å². The van der Waals surface area contributed by atoms with Crippen molar-refractivity contribution in [1.29, 1.82) is 0 Å². The van der Waals surface area contributed by atoms with Crippen molar-refractivity contribution >= 4 is 11.6 Å². The van der Waals surface area contributed by atoms with Crippen LogP contribution in [-0.2, 0) is 11.4 Å². The van der Waals surface area contributed by atoms with Gasteiger partial charge in [0.15, 0.2) is 5.82 Å². The molecule has 0 aliphatic carbocycles. The van der Waals surface area contributed by atoms with Gasteiger partial charge in [-0.2, -0.15) is 0 Å². The Hall–Kier alpha value is -2.14. The molecule has 0 saturated heterocycles. The van der Waals surface area contributed by atoms with Crippen molar-refractivity contribution in [3.63, 3.8) is 0 Å². The topological polar surface area (TPSA) is 50.3 Å². The molecular formula is C13H16N4O. The normalized spacial score (nSPS) is 10.1. The Morgan fingerprint density at radius 2 is 1.94 bits per heavy atom. The molecule has 0 bridgehead atoms. The lowest BCUT2D eigenvalue weighted by Crippen LogP contribution is -2.12. The van der Waals surface area contributed by atoms with Gasteiger partial charge in [-0.1, -0.05) is 30.3 Å². The molecule has 0 aliphatic heterocycles. The summed E-state index contributed by atoms with van der Waals surface area (Å²) in [6.07, 6.45) is 1.50. The minimum atomic E-state index is 0.488. The molecule has 0 radical (unpaired) electrons. The first-order valence-electron chi connectivity index (χ1n) is 5.67. The molecular weight excluding hydrogens is 228 g/mol. The van der Waals surface area contributed by atoms with Gasteiger partial charge in [0.1, 0.15) is 12.1 Å². The molecule has 0 unspecified atom stereocenters. The van der Waals surface area contributed by atoms with E-state index in [1.807, 2.05) is 55.4 Å². The minimum absolute atomic E-state index is 0.488. The summed E-state index contributed by atoms with van der Waals surface area (Å²) in [5.41, 5.74) is 3.91. The average molecular weight is 244 g/mol. The monoisotopic (exact) mass is 244 g/mol. The molecule has 0 fully saturated rings. The molecule has 0 spiro atoms. The van der Waals surface area contributed by atoms with E-state index in [-0.39, 0.29) is 0 Å². The van der Waals surface area contributed by atoms with Crippen LogP contribution in [0.25, 0.3) is 0 Å². The molecule has 2 aromatic rings. The molecule has 2 rings (SSSR count). The van der Waals surface area contributed by atoms with E-state index < -0.39 is 0 Å². The Morgan fingerprint density at radius 1 is 1.17 bits per heavy atom. The van der Waals surface area contributed by atoms with Gasteiger partial charge in [-0.05, 0) is 5.56 Å². The fourth-order valence-corrected chi connectivity index (χ4v) is 1.42. The summed E-state index contributed by atoms with van der Waals surface area (Å²) in [5, 5.41) is 0. The van der Waals surface area contributed by atoms with Gasteiger partial charge in [0.2, 0.25) is 0 Å². The van der Waals surface area contributed by atoms with E-state index in [1.165, 1.54) is 6.33 Å². The SMILES string of the molecule is CN(C)c1cc(NOCc2ccccc2)ncn1. The third-order valence-electron chi connectivity index (χ3n) is 2.37. The summed E-state index contributed by atoms with van der Waals surface area (Å²) < 4.78 is 0. The zero-order valence-electron chi connectivity index (χ0n) is 10.5. The first-order valence-corrected chi connectivity index (χ1v) is 5.67. The number of hydrogen-bond acceptors (Lipinski definition) is 5. The third-order valence-corrected chi connectivity index (χ3v) is 2.37. The number of hydrogen-bond donors (Lipinski definition) is 1. The summed E-state index contributed by atoms with van der Waals surface area (Å²) in [7, 11) is 3.86. The highest BCUT2D eigenvalue weighted by Crippen LogP contribution is 2.11. The number of nitrogens with one attached hydrogen (secondary N) is 1. The van der Waals surface area contributed by atoms with Crippen LogP contribution in [0.2, 0.25) is 0 Å². The smallest absolute Gasteiger partial charge is 0.155 e. The highest BCUT2D eigenvalue weighted by atomic mass is 16.6. The van der Waals surface area contributed by atoms with Gasteiger partial charge in [-0.3, -0.25) is 4.84 Å². The number of anilines is 2. The molecule has 1 aromatic carbocycles. The largest absolute Gasteiger partial charge is 0.363 e. The number of benzene rings is 1. The second kappa shape index (κ2) is 5.97. The predicted octanol–water partition coefficient (Wildman–Crippen LogP) is 2.09. The number of rotatable bonds is 5. The second-order valence-electron chi connectivity index (χ2n) is 4.03. The summed E-state index contributed by atoms with van der Waals surface area (Å²) in [5.74, 6) is 1.47. The highest BCUT2D eigenvalue weighted by molar-refractivity contribution is 5.46. The van der Waals surface area contributed by atoms with Crippen LogP contribution in [0.4, 0.5) is 11.6 Å². The molecule has 0 saturated carbocycles. The molecule has 0 atom stereocenters. The standard InChI is InChI=1S/C13H16N4O/c1-17(2)13-8-12(14-10-15-13)16-18-9-11-6-4-3-5-7-11/h3-8,10H,9H2,1-2H3,(H,14,15,16). The molecule has 5 heteroatoms. The fourth-order valence-electron chi connectivity index (χ4n) is 1.42. The van der Waals surface area contributed by atoms with Crippen LogP contribution in [0.5, 0.6) is 0 Å². The van der Waals surface area contributed by atoms with E-state index in [4.69, 9.17) is 4.84 Å². The van der Waals surface area contributed by atoms with Gasteiger partial charge in [-0.25, -0.2) is 15.4 Å². The van der Waals surface area contributed by atoms with Crippen molar-refractivity contribution in [2.75, 3.05) is 24.5 Å². The molecule has 1 heterocycles. The maximum atomic E-state index is 5.38. The van der Waals surface area contributed by atoms with Crippen molar-refractivity contribution in [3.05, 3.63) is 48.3 Å². The maximum absolute atomic E-state index is 5.38. The van der Waals surface area contributed by atoms with Crippen molar-refractivity contribution in [2.45, 2.75) is 6.61 Å². The predicted molar refractivity (Wildman–Crippen MR) is 71.2 cm³/mol. The summed E-state index contributed by atoms with van der Waals surface area (Å²) in [6.45, 7) is 0.488. The van der Waals surface area contributed by atoms with Crippen LogP contribution in [0.15, 0.2) is 42.7 Å². The second-order valence-corrected chi connectivity index (χ2v) is 4.03. The number of nitrogens with zero attached hydrogens (tertiary/aromatic N) is 3. The van der Waals surface area contributed by atoms with Crippen molar-refractivity contribution < 1.29 is 4.84 Å². The van der Waals surface area contributed by atoms with Gasteiger partial charge in [-0.15, -0.1) is 0 Å². The Bertz CT molecular complexity index is 487. The molecule has 18 heavy (non-hydrogen) atoms. The van der Waals surface area contributed by atoms with Crippen LogP contribution < -0.4 is 10.4 Å². The Kier molecular flexibility index (Phi) is 4.09. The first kappa shape index (κ1) is 12.3. The Labute approximate surface area is 106 Å². The lowest BCUT2D eigenvalue weighted by atomic mass is 10.2. The van der Waals surface area contributed by atoms with Crippen molar-refractivity contribution in [3.8, 4) is 0 Å². The summed E-state index contributed by atoms with van der Waals surface area (Å²) >= 11 is 0. The van der Waals surface area contributed by atoms with Gasteiger partial charge >= 0.3 is 0 Å². The minimum Gasteiger partial charge on any atom is -0.363 e. The number of aromatic nitrogens is 2. The fraction of sp³-hybridized carbons (Fsp3) is 0.231. The van der Waals surface area contributed by atoms with E-state index in [9.17, 15) is 0 Å². The van der Waals surface area contributed by atoms with Crippen LogP contribution >= 0.6 is 0 Å². The van der Waals surface area contributed by atoms with Gasteiger partial charge < -0.3 is 4.90 Å². The van der Waals surface area contributed by atoms with Crippen LogP contribution in [0, 0.1) is 0 Å².